The average Bonchev–Trinajstić information content (AvgIpc) is 2.45. The predicted molar refractivity (Wildman–Crippen MR) is 77.4 cm³/mol. The number of ether oxygens (including phenoxy) is 1. The van der Waals surface area contributed by atoms with Crippen molar-refractivity contribution in [1.82, 2.24) is 10.2 Å². The number of hydrogen-bond donors (Lipinski definition) is 1. The average molecular weight is 285 g/mol. The van der Waals surface area contributed by atoms with E-state index >= 15 is 0 Å². The van der Waals surface area contributed by atoms with E-state index < -0.39 is 0 Å². The van der Waals surface area contributed by atoms with Gasteiger partial charge in [-0.05, 0) is 5.56 Å². The van der Waals surface area contributed by atoms with Crippen LogP contribution in [0.5, 0.6) is 0 Å². The molecule has 0 atom stereocenters. The Morgan fingerprint density at radius 1 is 1.21 bits per heavy atom. The second kappa shape index (κ2) is 8.91. The number of piperazine rings is 1. The summed E-state index contributed by atoms with van der Waals surface area (Å²) in [5.41, 5.74) is 1.15. The summed E-state index contributed by atoms with van der Waals surface area (Å²) < 4.78 is 5.52. The van der Waals surface area contributed by atoms with Crippen molar-refractivity contribution in [3.05, 3.63) is 35.9 Å². The fourth-order valence-corrected chi connectivity index (χ4v) is 2.00. The van der Waals surface area contributed by atoms with Gasteiger partial charge in [0.2, 0.25) is 5.91 Å². The van der Waals surface area contributed by atoms with Crippen molar-refractivity contribution in [1.29, 1.82) is 0 Å². The Bertz CT molecular complexity index is 367. The molecule has 0 unspecified atom stereocenters. The Kier molecular flexibility index (Phi) is 7.48. The first-order chi connectivity index (χ1) is 8.86. The molecule has 0 bridgehead atoms. The highest BCUT2D eigenvalue weighted by atomic mass is 35.5. The van der Waals surface area contributed by atoms with Crippen LogP contribution in [0.25, 0.3) is 0 Å². The molecular weight excluding hydrogens is 264 g/mol. The highest BCUT2D eigenvalue weighted by Gasteiger charge is 2.15. The third-order valence-electron chi connectivity index (χ3n) is 3.04. The first-order valence-corrected chi connectivity index (χ1v) is 6.46. The minimum absolute atomic E-state index is 0. The van der Waals surface area contributed by atoms with Gasteiger partial charge in [-0.1, -0.05) is 30.3 Å². The molecule has 0 aliphatic carbocycles. The van der Waals surface area contributed by atoms with Gasteiger partial charge in [-0.3, -0.25) is 4.79 Å². The van der Waals surface area contributed by atoms with Crippen LogP contribution < -0.4 is 5.32 Å². The van der Waals surface area contributed by atoms with Crippen LogP contribution in [-0.4, -0.2) is 43.6 Å². The van der Waals surface area contributed by atoms with E-state index in [1.165, 1.54) is 0 Å². The van der Waals surface area contributed by atoms with E-state index in [1.807, 2.05) is 35.2 Å². The number of hydrogen-bond acceptors (Lipinski definition) is 3. The van der Waals surface area contributed by atoms with Gasteiger partial charge in [0.1, 0.15) is 0 Å². The molecular formula is C14H21ClN2O2. The van der Waals surface area contributed by atoms with E-state index in [0.29, 0.717) is 19.6 Å². The summed E-state index contributed by atoms with van der Waals surface area (Å²) in [6.07, 6.45) is 0.479. The number of nitrogens with one attached hydrogen (secondary N) is 1. The maximum absolute atomic E-state index is 11.8. The normalized spacial score (nSPS) is 14.8. The monoisotopic (exact) mass is 284 g/mol. The molecule has 1 saturated heterocycles. The van der Waals surface area contributed by atoms with Gasteiger partial charge in [0, 0.05) is 26.2 Å². The molecule has 1 N–H and O–H groups in total. The summed E-state index contributed by atoms with van der Waals surface area (Å²) >= 11 is 0. The molecule has 1 aromatic carbocycles. The van der Waals surface area contributed by atoms with Gasteiger partial charge in [-0.2, -0.15) is 0 Å². The number of halogens is 1. The van der Waals surface area contributed by atoms with E-state index in [-0.39, 0.29) is 18.3 Å². The van der Waals surface area contributed by atoms with Crippen molar-refractivity contribution in [3.63, 3.8) is 0 Å². The molecule has 0 radical (unpaired) electrons. The fourth-order valence-electron chi connectivity index (χ4n) is 2.00. The summed E-state index contributed by atoms with van der Waals surface area (Å²) in [6.45, 7) is 4.51. The molecule has 1 aromatic rings. The molecule has 1 amide bonds. The van der Waals surface area contributed by atoms with Crippen LogP contribution in [0, 0.1) is 0 Å². The summed E-state index contributed by atoms with van der Waals surface area (Å²) in [7, 11) is 0. The van der Waals surface area contributed by atoms with Crippen LogP contribution in [0.4, 0.5) is 0 Å². The molecule has 0 spiro atoms. The highest BCUT2D eigenvalue weighted by Crippen LogP contribution is 2.02. The lowest BCUT2D eigenvalue weighted by atomic mass is 10.2. The van der Waals surface area contributed by atoms with Crippen LogP contribution in [-0.2, 0) is 16.1 Å². The molecule has 2 rings (SSSR count). The fraction of sp³-hybridized carbons (Fsp3) is 0.500. The Labute approximate surface area is 120 Å². The lowest BCUT2D eigenvalue weighted by Gasteiger charge is -2.27. The quantitative estimate of drug-likeness (QED) is 0.832. The molecule has 0 saturated carbocycles. The summed E-state index contributed by atoms with van der Waals surface area (Å²) in [5.74, 6) is 0.199. The molecule has 1 fully saturated rings. The zero-order chi connectivity index (χ0) is 12.6. The van der Waals surface area contributed by atoms with Crippen molar-refractivity contribution in [3.8, 4) is 0 Å². The Morgan fingerprint density at radius 2 is 1.89 bits per heavy atom. The zero-order valence-corrected chi connectivity index (χ0v) is 11.8. The Balaban J connectivity index is 0.00000180. The van der Waals surface area contributed by atoms with E-state index in [4.69, 9.17) is 4.74 Å². The van der Waals surface area contributed by atoms with Gasteiger partial charge in [-0.15, -0.1) is 12.4 Å². The molecule has 1 heterocycles. The third kappa shape index (κ3) is 5.59. The molecule has 106 valence electrons. The lowest BCUT2D eigenvalue weighted by molar-refractivity contribution is -0.133. The Hall–Kier alpha value is -1.10. The second-order valence-electron chi connectivity index (χ2n) is 4.42. The molecule has 5 heteroatoms. The lowest BCUT2D eigenvalue weighted by Crippen LogP contribution is -2.46. The summed E-state index contributed by atoms with van der Waals surface area (Å²) in [6, 6.07) is 10.0. The van der Waals surface area contributed by atoms with Crippen LogP contribution in [0.1, 0.15) is 12.0 Å². The predicted octanol–water partition coefficient (Wildman–Crippen LogP) is 1.45. The smallest absolute Gasteiger partial charge is 0.224 e. The molecule has 19 heavy (non-hydrogen) atoms. The second-order valence-corrected chi connectivity index (χ2v) is 4.42. The molecule has 1 aliphatic heterocycles. The highest BCUT2D eigenvalue weighted by molar-refractivity contribution is 5.85. The van der Waals surface area contributed by atoms with Crippen molar-refractivity contribution in [2.75, 3.05) is 32.8 Å². The number of rotatable bonds is 5. The van der Waals surface area contributed by atoms with Gasteiger partial charge in [0.15, 0.2) is 0 Å². The maximum Gasteiger partial charge on any atom is 0.224 e. The maximum atomic E-state index is 11.8. The molecule has 1 aliphatic rings. The SMILES string of the molecule is Cl.O=C(CCOCc1ccccc1)N1CCNCC1. The van der Waals surface area contributed by atoms with E-state index in [0.717, 1.165) is 31.7 Å². The van der Waals surface area contributed by atoms with Gasteiger partial charge >= 0.3 is 0 Å². The van der Waals surface area contributed by atoms with E-state index in [2.05, 4.69) is 5.32 Å². The molecule has 4 nitrogen and oxygen atoms in total. The van der Waals surface area contributed by atoms with E-state index in [9.17, 15) is 4.79 Å². The van der Waals surface area contributed by atoms with Gasteiger partial charge in [0.05, 0.1) is 19.6 Å². The van der Waals surface area contributed by atoms with Crippen molar-refractivity contribution in [2.24, 2.45) is 0 Å². The minimum Gasteiger partial charge on any atom is -0.376 e. The summed E-state index contributed by atoms with van der Waals surface area (Å²) in [5, 5.41) is 3.23. The van der Waals surface area contributed by atoms with E-state index in [1.54, 1.807) is 0 Å². The summed E-state index contributed by atoms with van der Waals surface area (Å²) in [4.78, 5) is 13.7. The Morgan fingerprint density at radius 3 is 2.58 bits per heavy atom. The number of nitrogens with zero attached hydrogens (tertiary/aromatic N) is 1. The van der Waals surface area contributed by atoms with Gasteiger partial charge < -0.3 is 15.0 Å². The van der Waals surface area contributed by atoms with Crippen LogP contribution >= 0.6 is 12.4 Å². The number of carbonyl (C=O) groups excluding carboxylic acids is 1. The van der Waals surface area contributed by atoms with Crippen LogP contribution in [0.15, 0.2) is 30.3 Å². The largest absolute Gasteiger partial charge is 0.376 e. The standard InChI is InChI=1S/C14H20N2O2.ClH/c17-14(16-9-7-15-8-10-16)6-11-18-12-13-4-2-1-3-5-13;/h1-5,15H,6-12H2;1H. The zero-order valence-electron chi connectivity index (χ0n) is 11.0. The van der Waals surface area contributed by atoms with Crippen molar-refractivity contribution < 1.29 is 9.53 Å². The topological polar surface area (TPSA) is 41.6 Å². The number of carbonyl (C=O) groups is 1. The number of benzene rings is 1. The molecule has 0 aromatic heterocycles. The first-order valence-electron chi connectivity index (χ1n) is 6.46. The third-order valence-corrected chi connectivity index (χ3v) is 3.04. The number of amides is 1. The van der Waals surface area contributed by atoms with Gasteiger partial charge in [-0.25, -0.2) is 0 Å². The van der Waals surface area contributed by atoms with Crippen LogP contribution in [0.3, 0.4) is 0 Å². The van der Waals surface area contributed by atoms with Crippen molar-refractivity contribution >= 4 is 18.3 Å². The van der Waals surface area contributed by atoms with Crippen LogP contribution in [0.2, 0.25) is 0 Å². The minimum atomic E-state index is 0. The van der Waals surface area contributed by atoms with Gasteiger partial charge in [0.25, 0.3) is 0 Å². The first kappa shape index (κ1) is 16.0. The van der Waals surface area contributed by atoms with Crippen molar-refractivity contribution in [2.45, 2.75) is 13.0 Å².